The van der Waals surface area contributed by atoms with Crippen LogP contribution in [-0.4, -0.2) is 104 Å². The van der Waals surface area contributed by atoms with Crippen LogP contribution in [0.1, 0.15) is 12.0 Å². The Kier molecular flexibility index (Phi) is 13.2. The van der Waals surface area contributed by atoms with E-state index in [9.17, 15) is 18.5 Å². The highest BCUT2D eigenvalue weighted by Gasteiger charge is 2.25. The van der Waals surface area contributed by atoms with Gasteiger partial charge in [0, 0.05) is 78.3 Å². The predicted octanol–water partition coefficient (Wildman–Crippen LogP) is 7.26. The number of fused-ring (bicyclic) bond motifs is 1. The van der Waals surface area contributed by atoms with Gasteiger partial charge in [-0.15, -0.1) is 11.8 Å². The number of aromatic nitrogens is 3. The Morgan fingerprint density at radius 3 is 2.42 bits per heavy atom. The molecule has 2 aromatic heterocycles. The number of nitro groups is 1. The molecule has 16 heteroatoms. The van der Waals surface area contributed by atoms with Crippen molar-refractivity contribution in [1.29, 1.82) is 0 Å². The molecule has 59 heavy (non-hydrogen) atoms. The van der Waals surface area contributed by atoms with Gasteiger partial charge in [0.25, 0.3) is 15.7 Å². The van der Waals surface area contributed by atoms with E-state index < -0.39 is 14.9 Å². The molecule has 0 saturated carbocycles. The third-order valence-electron chi connectivity index (χ3n) is 10.2. The van der Waals surface area contributed by atoms with E-state index in [-0.39, 0.29) is 28.1 Å². The van der Waals surface area contributed by atoms with Crippen molar-refractivity contribution < 1.29 is 18.1 Å². The highest BCUT2D eigenvalue weighted by molar-refractivity contribution is 7.99. The number of thioether (sulfide) groups is 1. The molecular weight excluding hydrogens is 787 g/mol. The van der Waals surface area contributed by atoms with Crippen molar-refractivity contribution in [3.05, 3.63) is 131 Å². The zero-order valence-corrected chi connectivity index (χ0v) is 34.8. The lowest BCUT2D eigenvalue weighted by Gasteiger charge is -2.36. The van der Waals surface area contributed by atoms with Gasteiger partial charge in [-0.2, -0.15) is 0 Å². The maximum atomic E-state index is 13.7. The molecule has 0 spiro atoms. The second kappa shape index (κ2) is 18.8. The normalized spacial score (nSPS) is 14.0. The number of nitrogens with one attached hydrogen (secondary N) is 2. The van der Waals surface area contributed by atoms with Crippen LogP contribution in [0.3, 0.4) is 0 Å². The number of anilines is 3. The van der Waals surface area contributed by atoms with Crippen LogP contribution in [-0.2, 0) is 16.6 Å². The number of methoxy groups -OCH3 is 1. The minimum atomic E-state index is -4.27. The Balaban J connectivity index is 1.02. The van der Waals surface area contributed by atoms with E-state index in [1.54, 1.807) is 18.9 Å². The zero-order valence-electron chi connectivity index (χ0n) is 33.2. The van der Waals surface area contributed by atoms with Crippen molar-refractivity contribution >= 4 is 55.6 Å². The van der Waals surface area contributed by atoms with Crippen molar-refractivity contribution in [1.82, 2.24) is 24.8 Å². The van der Waals surface area contributed by atoms with E-state index in [2.05, 4.69) is 40.8 Å². The number of rotatable bonds is 17. The van der Waals surface area contributed by atoms with Crippen molar-refractivity contribution in [3.63, 3.8) is 0 Å². The van der Waals surface area contributed by atoms with E-state index in [0.29, 0.717) is 16.7 Å². The fourth-order valence-electron chi connectivity index (χ4n) is 6.99. The summed E-state index contributed by atoms with van der Waals surface area (Å²) in [5.41, 5.74) is 4.61. The molecule has 3 heterocycles. The van der Waals surface area contributed by atoms with Gasteiger partial charge in [0.05, 0.1) is 28.1 Å². The summed E-state index contributed by atoms with van der Waals surface area (Å²) in [5.74, 6) is 1.55. The fourth-order valence-corrected chi connectivity index (χ4v) is 9.03. The summed E-state index contributed by atoms with van der Waals surface area (Å²) in [4.78, 5) is 32.8. The molecule has 1 fully saturated rings. The van der Waals surface area contributed by atoms with Crippen molar-refractivity contribution in [2.75, 3.05) is 74.6 Å². The molecule has 1 aliphatic rings. The summed E-state index contributed by atoms with van der Waals surface area (Å²) in [6.07, 6.45) is 3.86. The average Bonchev–Trinajstić information content (AvgIpc) is 3.25. The van der Waals surface area contributed by atoms with Crippen LogP contribution in [0.5, 0.6) is 5.75 Å². The monoisotopic (exact) mass is 833 g/mol. The molecule has 14 nitrogen and oxygen atoms in total. The summed E-state index contributed by atoms with van der Waals surface area (Å²) in [7, 11) is 1.34. The summed E-state index contributed by atoms with van der Waals surface area (Å²) in [6.45, 7) is 4.80. The fraction of sp³-hybridized carbons (Fsp3) is 0.279. The molecule has 6 aromatic rings. The Hall–Kier alpha value is -5.81. The topological polar surface area (TPSA) is 159 Å². The van der Waals surface area contributed by atoms with Crippen LogP contribution < -0.4 is 19.7 Å². The van der Waals surface area contributed by atoms with E-state index in [1.807, 2.05) is 99.2 Å². The first-order chi connectivity index (χ1) is 28.6. The third-order valence-corrected chi connectivity index (χ3v) is 12.7. The number of nitro benzene ring substituents is 1. The van der Waals surface area contributed by atoms with Gasteiger partial charge < -0.3 is 19.9 Å². The quantitative estimate of drug-likeness (QED) is 0.0538. The van der Waals surface area contributed by atoms with Crippen LogP contribution in [0.15, 0.2) is 125 Å². The number of benzene rings is 4. The first kappa shape index (κ1) is 41.4. The van der Waals surface area contributed by atoms with E-state index >= 15 is 0 Å². The Bertz CT molecular complexity index is 2480. The first-order valence-electron chi connectivity index (χ1n) is 19.3. The van der Waals surface area contributed by atoms with Crippen molar-refractivity contribution in [2.24, 2.45) is 0 Å². The van der Waals surface area contributed by atoms with Crippen LogP contribution in [0, 0.1) is 10.1 Å². The number of hydrogen-bond donors (Lipinski definition) is 2. The van der Waals surface area contributed by atoms with Gasteiger partial charge in [-0.05, 0) is 105 Å². The van der Waals surface area contributed by atoms with Crippen LogP contribution in [0.4, 0.5) is 22.9 Å². The van der Waals surface area contributed by atoms with Crippen LogP contribution >= 0.6 is 11.8 Å². The van der Waals surface area contributed by atoms with Crippen molar-refractivity contribution in [2.45, 2.75) is 28.8 Å². The molecule has 1 saturated heterocycles. The first-order valence-corrected chi connectivity index (χ1v) is 21.7. The van der Waals surface area contributed by atoms with Gasteiger partial charge in [0.15, 0.2) is 5.82 Å². The number of ether oxygens (including phenoxy) is 1. The van der Waals surface area contributed by atoms with Gasteiger partial charge in [0.2, 0.25) is 0 Å². The number of pyridine rings is 1. The molecule has 0 radical (unpaired) electrons. The Labute approximate surface area is 348 Å². The summed E-state index contributed by atoms with van der Waals surface area (Å²) >= 11 is 1.65. The average molecular weight is 834 g/mol. The number of nitrogens with zero attached hydrogens (tertiary/aromatic N) is 7. The van der Waals surface area contributed by atoms with Gasteiger partial charge >= 0.3 is 0 Å². The standard InChI is InChI=1S/C43H47N9O5S2/c1-49(2)21-19-33(29-58-36-9-5-4-6-10-36)47-39-18-16-37(27-41(39)52(53)54)59(55,56)48-43-38-17-13-34(26-40(38)45-30-46-43)51-24-22-50(23-25-51)28-32-8-7-20-44-42(32)31-11-14-35(57-3)15-12-31/h4-18,20,26-27,30,33,47H,19,21-25,28-29H2,1-3H3,(H,45,46,48). The van der Waals surface area contributed by atoms with E-state index in [0.717, 1.165) is 84.9 Å². The van der Waals surface area contributed by atoms with E-state index in [4.69, 9.17) is 9.72 Å². The van der Waals surface area contributed by atoms with Gasteiger partial charge in [-0.25, -0.2) is 18.4 Å². The third kappa shape index (κ3) is 10.4. The number of piperazine rings is 1. The van der Waals surface area contributed by atoms with Gasteiger partial charge in [-0.3, -0.25) is 24.7 Å². The van der Waals surface area contributed by atoms with Gasteiger partial charge in [0.1, 0.15) is 17.8 Å². The molecule has 7 rings (SSSR count). The SMILES string of the molecule is COc1ccc(-c2ncccc2CN2CCN(c3ccc4c(NS(=O)(=O)c5ccc(NC(CCN(C)C)CSc6ccccc6)c([N+](=O)[O-])c5)ncnc4c3)CC2)cc1. The molecule has 2 N–H and O–H groups in total. The van der Waals surface area contributed by atoms with Gasteiger partial charge in [-0.1, -0.05) is 24.3 Å². The Morgan fingerprint density at radius 1 is 0.915 bits per heavy atom. The molecule has 306 valence electrons. The molecule has 0 bridgehead atoms. The lowest BCUT2D eigenvalue weighted by atomic mass is 10.0. The smallest absolute Gasteiger partial charge is 0.293 e. The predicted molar refractivity (Wildman–Crippen MR) is 235 cm³/mol. The summed E-state index contributed by atoms with van der Waals surface area (Å²) in [5, 5.41) is 16.1. The number of sulfonamides is 1. The second-order valence-corrected chi connectivity index (χ2v) is 17.3. The highest BCUT2D eigenvalue weighted by Crippen LogP contribution is 2.33. The minimum Gasteiger partial charge on any atom is -0.497 e. The minimum absolute atomic E-state index is 0.0852. The lowest BCUT2D eigenvalue weighted by molar-refractivity contribution is -0.384. The largest absolute Gasteiger partial charge is 0.497 e. The molecule has 1 unspecified atom stereocenters. The van der Waals surface area contributed by atoms with Crippen LogP contribution in [0.2, 0.25) is 0 Å². The van der Waals surface area contributed by atoms with Crippen molar-refractivity contribution in [3.8, 4) is 17.0 Å². The zero-order chi connectivity index (χ0) is 41.4. The molecule has 0 aliphatic carbocycles. The molecule has 4 aromatic carbocycles. The summed E-state index contributed by atoms with van der Waals surface area (Å²) < 4.78 is 35.4. The molecular formula is C43H47N9O5S2. The van der Waals surface area contributed by atoms with Crippen LogP contribution in [0.25, 0.3) is 22.2 Å². The Morgan fingerprint density at radius 2 is 1.69 bits per heavy atom. The highest BCUT2D eigenvalue weighted by atomic mass is 32.2. The number of hydrogen-bond acceptors (Lipinski definition) is 13. The second-order valence-electron chi connectivity index (χ2n) is 14.5. The van der Waals surface area contributed by atoms with E-state index in [1.165, 1.54) is 18.5 Å². The lowest BCUT2D eigenvalue weighted by Crippen LogP contribution is -2.46. The molecule has 1 atom stereocenters. The molecule has 0 amide bonds. The molecule has 1 aliphatic heterocycles. The maximum Gasteiger partial charge on any atom is 0.293 e. The maximum absolute atomic E-state index is 13.7. The summed E-state index contributed by atoms with van der Waals surface area (Å²) in [6, 6.07) is 31.5.